The van der Waals surface area contributed by atoms with Crippen LogP contribution in [0.2, 0.25) is 0 Å². The molecule has 23 heteroatoms. The van der Waals surface area contributed by atoms with Crippen LogP contribution in [0.25, 0.3) is 12.2 Å². The molecule has 4 aromatic carbocycles. The molecular formula is C67H93N7O16. The summed E-state index contributed by atoms with van der Waals surface area (Å²) in [5.74, 6) is -4.10. The second kappa shape index (κ2) is 33.2. The van der Waals surface area contributed by atoms with Gasteiger partial charge in [0.1, 0.15) is 43.6 Å². The minimum atomic E-state index is -2.03. The lowest BCUT2D eigenvalue weighted by Crippen LogP contribution is -2.61. The minimum Gasteiger partial charge on any atom is -0.479 e. The summed E-state index contributed by atoms with van der Waals surface area (Å²) in [4.78, 5) is 82.4. The predicted molar refractivity (Wildman–Crippen MR) is 343 cm³/mol. The number of aryl methyl sites for hydroxylation is 1. The first-order valence-electron chi connectivity index (χ1n) is 30.2. The van der Waals surface area contributed by atoms with Gasteiger partial charge in [-0.1, -0.05) is 121 Å². The number of unbranched alkanes of at least 4 members (excludes halogenated alkanes) is 1. The van der Waals surface area contributed by atoms with Gasteiger partial charge in [0, 0.05) is 55.3 Å². The average Bonchev–Trinajstić information content (AvgIpc) is 0.868. The van der Waals surface area contributed by atoms with Crippen LogP contribution in [0.1, 0.15) is 128 Å². The van der Waals surface area contributed by atoms with Gasteiger partial charge in [0.2, 0.25) is 24.0 Å². The Morgan fingerprint density at radius 3 is 2.12 bits per heavy atom. The molecule has 0 spiro atoms. The number of amides is 4. The summed E-state index contributed by atoms with van der Waals surface area (Å²) in [6.07, 6.45) is -3.02. The van der Waals surface area contributed by atoms with Crippen molar-refractivity contribution in [3.05, 3.63) is 130 Å². The minimum absolute atomic E-state index is 0.0263. The lowest BCUT2D eigenvalue weighted by molar-refractivity contribution is -0.199. The van der Waals surface area contributed by atoms with E-state index >= 15 is 0 Å². The second-order valence-corrected chi connectivity index (χ2v) is 24.8. The van der Waals surface area contributed by atoms with Crippen molar-refractivity contribution < 1.29 is 78.7 Å². The Bertz CT molecular complexity index is 3160. The molecule has 23 nitrogen and oxygen atoms in total. The van der Waals surface area contributed by atoms with Gasteiger partial charge in [0.15, 0.2) is 6.10 Å². The average molecular weight is 1250 g/mol. The van der Waals surface area contributed by atoms with Crippen molar-refractivity contribution in [1.29, 1.82) is 0 Å². The molecule has 0 saturated carbocycles. The summed E-state index contributed by atoms with van der Waals surface area (Å²) in [7, 11) is 3.20. The van der Waals surface area contributed by atoms with E-state index in [0.29, 0.717) is 48.2 Å². The molecule has 0 fully saturated rings. The Kier molecular flexibility index (Phi) is 26.9. The Balaban J connectivity index is 1.25. The van der Waals surface area contributed by atoms with E-state index in [4.69, 9.17) is 14.2 Å². The zero-order valence-electron chi connectivity index (χ0n) is 53.7. The number of aliphatic hydroxyl groups is 5. The molecule has 90 heavy (non-hydrogen) atoms. The molecule has 492 valence electrons. The maximum Gasteiger partial charge on any atom is 0.411 e. The van der Waals surface area contributed by atoms with E-state index in [1.807, 2.05) is 108 Å². The van der Waals surface area contributed by atoms with E-state index in [-0.39, 0.29) is 54.8 Å². The van der Waals surface area contributed by atoms with Crippen LogP contribution in [0.15, 0.2) is 96.6 Å². The molecule has 5 rings (SSSR count). The fourth-order valence-corrected chi connectivity index (χ4v) is 10.6. The first-order chi connectivity index (χ1) is 42.4. The number of aliphatic hydroxyl groups excluding tert-OH is 5. The zero-order chi connectivity index (χ0) is 66.8. The van der Waals surface area contributed by atoms with Gasteiger partial charge in [-0.2, -0.15) is 0 Å². The Morgan fingerprint density at radius 2 is 1.49 bits per heavy atom. The topological polar surface area (TPSA) is 338 Å². The normalized spacial score (nSPS) is 16.0. The highest BCUT2D eigenvalue weighted by Gasteiger charge is 2.42. The van der Waals surface area contributed by atoms with Gasteiger partial charge in [0.25, 0.3) is 0 Å². The number of carbonyl (C=O) groups is 6. The molecular weight excluding hydrogens is 1160 g/mol. The molecule has 9 atom stereocenters. The lowest BCUT2D eigenvalue weighted by atomic mass is 9.76. The first-order valence-corrected chi connectivity index (χ1v) is 30.2. The summed E-state index contributed by atoms with van der Waals surface area (Å²) in [6.45, 7) is 16.4. The van der Waals surface area contributed by atoms with Crippen LogP contribution in [0.5, 0.6) is 5.75 Å². The lowest BCUT2D eigenvalue weighted by Gasteiger charge is -2.40. The SMILES string of the molecule is CNC(C(=O)N[C@H](C(=O)N(C)[C@H](/C=C(\C)C(=O)O)C(C)C)C(C)(C)C)C(C)(C)c1cccc(NC(=O)OCc2cc(C)c(O[C@@H](CO)OC(C(=O)O)C(O)C(C)O)c(NC(O)CCNC(=O)CCCCC(O)N3Cc4ccccc4/C=C\c4ccccc43)c2)c1. The van der Waals surface area contributed by atoms with Crippen LogP contribution in [0, 0.1) is 18.3 Å². The molecule has 0 bridgehead atoms. The number of carbonyl (C=O) groups excluding carboxylic acids is 4. The number of benzene rings is 4. The standard InChI is InChI=1S/C67H93N7O16/c1-39(2)51(33-41(4)63(83)84)73(12)62(82)60(66(6,7)8)72-61(81)59(68-11)67(9,10)47-23-19-24-48(35-47)70-65(87)88-38-43-32-40(3)57(89-55(37-75)90-58(64(85)86)56(80)42(5)76)49(34-43)71-53(78)30-31-69-52(77)26-17-18-27-54(79)74-36-46-22-14-13-20-44(46)28-29-45-21-15-16-25-50(45)74/h13-16,19-25,28-29,32-35,39,42,51,53-56,58-60,68,71,75-76,78-80H,17-18,26-27,30-31,36-38H2,1-12H3,(H,69,77)(H,70,87)(H,72,81)(H,83,84)(H,85,86)/b29-28-,41-33+/t42?,51-,53?,54?,55-,56?,58?,59?,60-/m1/s1. The second-order valence-electron chi connectivity index (χ2n) is 24.8. The highest BCUT2D eigenvalue weighted by molar-refractivity contribution is 5.92. The van der Waals surface area contributed by atoms with E-state index in [2.05, 4.69) is 32.7 Å². The predicted octanol–water partition coefficient (Wildman–Crippen LogP) is 6.87. The number of hydrogen-bond acceptors (Lipinski definition) is 17. The van der Waals surface area contributed by atoms with E-state index in [9.17, 15) is 64.5 Å². The van der Waals surface area contributed by atoms with Gasteiger partial charge in [-0.15, -0.1) is 0 Å². The van der Waals surface area contributed by atoms with Crippen molar-refractivity contribution in [2.75, 3.05) is 42.8 Å². The molecule has 0 saturated heterocycles. The molecule has 1 aliphatic rings. The van der Waals surface area contributed by atoms with Gasteiger partial charge in [0.05, 0.1) is 23.9 Å². The van der Waals surface area contributed by atoms with Gasteiger partial charge in [-0.05, 0) is 122 Å². The van der Waals surface area contributed by atoms with Crippen LogP contribution >= 0.6 is 0 Å². The summed E-state index contributed by atoms with van der Waals surface area (Å²) >= 11 is 0. The van der Waals surface area contributed by atoms with Crippen molar-refractivity contribution in [2.45, 2.75) is 175 Å². The first kappa shape index (κ1) is 72.8. The highest BCUT2D eigenvalue weighted by atomic mass is 16.7. The largest absolute Gasteiger partial charge is 0.479 e. The number of hydrogen-bond donors (Lipinski definition) is 12. The third-order valence-corrected chi connectivity index (χ3v) is 15.8. The molecule has 12 N–H and O–H groups in total. The highest BCUT2D eigenvalue weighted by Crippen LogP contribution is 2.35. The summed E-state index contributed by atoms with van der Waals surface area (Å²) < 4.78 is 17.1. The fraction of sp³-hybridized carbons (Fsp3) is 0.493. The third kappa shape index (κ3) is 20.3. The maximum absolute atomic E-state index is 14.3. The number of para-hydroxylation sites is 1. The van der Waals surface area contributed by atoms with E-state index in [1.165, 1.54) is 24.0 Å². The molecule has 4 aromatic rings. The monoisotopic (exact) mass is 1250 g/mol. The summed E-state index contributed by atoms with van der Waals surface area (Å²) in [6, 6.07) is 23.2. The van der Waals surface area contributed by atoms with Crippen molar-refractivity contribution in [1.82, 2.24) is 20.9 Å². The van der Waals surface area contributed by atoms with Crippen LogP contribution in [-0.2, 0) is 52.0 Å². The number of nitrogens with one attached hydrogen (secondary N) is 5. The zero-order valence-corrected chi connectivity index (χ0v) is 53.7. The number of rotatable bonds is 32. The Hall–Kier alpha value is -7.90. The van der Waals surface area contributed by atoms with Crippen LogP contribution in [-0.4, -0.2) is 159 Å². The maximum atomic E-state index is 14.3. The van der Waals surface area contributed by atoms with Crippen molar-refractivity contribution in [2.24, 2.45) is 11.3 Å². The van der Waals surface area contributed by atoms with Crippen LogP contribution < -0.4 is 36.2 Å². The van der Waals surface area contributed by atoms with E-state index in [1.54, 1.807) is 51.4 Å². The van der Waals surface area contributed by atoms with Crippen LogP contribution in [0.4, 0.5) is 21.9 Å². The van der Waals surface area contributed by atoms with E-state index in [0.717, 1.165) is 29.3 Å². The molecule has 4 amide bonds. The molecule has 0 aromatic heterocycles. The number of aliphatic carboxylic acids is 2. The summed E-state index contributed by atoms with van der Waals surface area (Å²) in [5, 5.41) is 87.4. The number of likely N-dealkylation sites (N-methyl/N-ethyl adjacent to an activating group) is 2. The number of anilines is 3. The van der Waals surface area contributed by atoms with Crippen molar-refractivity contribution >= 4 is 65.0 Å². The molecule has 6 unspecified atom stereocenters. The quantitative estimate of drug-likeness (QED) is 0.0135. The smallest absolute Gasteiger partial charge is 0.411 e. The van der Waals surface area contributed by atoms with Gasteiger partial charge in [-0.25, -0.2) is 14.4 Å². The third-order valence-electron chi connectivity index (χ3n) is 15.8. The van der Waals surface area contributed by atoms with Gasteiger partial charge in [-0.3, -0.25) is 19.7 Å². The van der Waals surface area contributed by atoms with Crippen molar-refractivity contribution in [3.8, 4) is 5.75 Å². The van der Waals surface area contributed by atoms with Gasteiger partial charge < -0.3 is 81.0 Å². The molecule has 1 aliphatic heterocycles. The fourth-order valence-electron chi connectivity index (χ4n) is 10.6. The Labute approximate surface area is 527 Å². The number of nitrogens with zero attached hydrogens (tertiary/aromatic N) is 2. The number of carboxylic acids is 2. The van der Waals surface area contributed by atoms with Gasteiger partial charge >= 0.3 is 18.0 Å². The van der Waals surface area contributed by atoms with Crippen LogP contribution in [0.3, 0.4) is 0 Å². The van der Waals surface area contributed by atoms with E-state index < -0.39 is 102 Å². The number of carboxylic acid groups (broad SMARTS) is 2. The molecule has 1 heterocycles. The van der Waals surface area contributed by atoms with Crippen molar-refractivity contribution in [3.63, 3.8) is 0 Å². The number of fused-ring (bicyclic) bond motifs is 2. The molecule has 0 aliphatic carbocycles. The number of ether oxygens (including phenoxy) is 3. The molecule has 0 radical (unpaired) electrons. The summed E-state index contributed by atoms with van der Waals surface area (Å²) in [5.41, 5.74) is 4.09. The Morgan fingerprint density at radius 1 is 0.822 bits per heavy atom.